The van der Waals surface area contributed by atoms with E-state index < -0.39 is 38.6 Å². The second-order valence-corrected chi connectivity index (χ2v) is 6.06. The number of hydrogen-bond acceptors (Lipinski definition) is 5. The van der Waals surface area contributed by atoms with Gasteiger partial charge in [0.25, 0.3) is 10.0 Å². The number of halogens is 3. The van der Waals surface area contributed by atoms with Crippen LogP contribution < -0.4 is 4.74 Å². The van der Waals surface area contributed by atoms with Crippen LogP contribution in [0.4, 0.5) is 13.2 Å². The van der Waals surface area contributed by atoms with Crippen molar-refractivity contribution in [2.75, 3.05) is 13.2 Å². The Labute approximate surface area is 122 Å². The van der Waals surface area contributed by atoms with Crippen LogP contribution in [0.1, 0.15) is 16.8 Å². The quantitative estimate of drug-likeness (QED) is 0.894. The number of alkyl halides is 3. The molecule has 0 unspecified atom stereocenters. The fraction of sp³-hybridized carbons (Fsp3) is 0.364. The topological polar surface area (TPSA) is 93.1 Å². The lowest BCUT2D eigenvalue weighted by Crippen LogP contribution is -2.27. The number of hydroxylamine groups is 1. The lowest BCUT2D eigenvalue weighted by molar-refractivity contribution is -0.274. The lowest BCUT2D eigenvalue weighted by atomic mass is 10.2. The second-order valence-electron chi connectivity index (χ2n) is 4.23. The second kappa shape index (κ2) is 5.74. The Bertz CT molecular complexity index is 682. The largest absolute Gasteiger partial charge is 0.573 e. The van der Waals surface area contributed by atoms with Gasteiger partial charge in [-0.05, 0) is 24.6 Å². The maximum absolute atomic E-state index is 12.2. The van der Waals surface area contributed by atoms with Gasteiger partial charge in [0, 0.05) is 6.54 Å². The standard InChI is InChI=1S/C11H10F3NO6S/c12-11(13,14)21-9-3-2-7(6-8(9)10(16)17)22(18,19)15-4-1-5-20-15/h2-3,6H,1,4-5H2,(H,16,17). The summed E-state index contributed by atoms with van der Waals surface area (Å²) in [6.45, 7) is 0.256. The molecule has 122 valence electrons. The monoisotopic (exact) mass is 341 g/mol. The minimum atomic E-state index is -5.09. The van der Waals surface area contributed by atoms with Crippen molar-refractivity contribution in [1.29, 1.82) is 0 Å². The van der Waals surface area contributed by atoms with Crippen LogP contribution in [0.2, 0.25) is 0 Å². The summed E-state index contributed by atoms with van der Waals surface area (Å²) in [5, 5.41) is 8.93. The summed E-state index contributed by atoms with van der Waals surface area (Å²) >= 11 is 0. The van der Waals surface area contributed by atoms with Crippen molar-refractivity contribution >= 4 is 16.0 Å². The Morgan fingerprint density at radius 3 is 2.55 bits per heavy atom. The average Bonchev–Trinajstić information content (AvgIpc) is 2.91. The Morgan fingerprint density at radius 1 is 1.36 bits per heavy atom. The van der Waals surface area contributed by atoms with Crippen molar-refractivity contribution in [2.45, 2.75) is 17.7 Å². The minimum absolute atomic E-state index is 0.0749. The Kier molecular flexibility index (Phi) is 4.31. The van der Waals surface area contributed by atoms with Gasteiger partial charge in [0.05, 0.1) is 11.5 Å². The number of rotatable bonds is 4. The van der Waals surface area contributed by atoms with Crippen LogP contribution in [0.3, 0.4) is 0 Å². The molecule has 1 N–H and O–H groups in total. The summed E-state index contributed by atoms with van der Waals surface area (Å²) in [6, 6.07) is 2.06. The van der Waals surface area contributed by atoms with E-state index in [1.807, 2.05) is 0 Å². The molecule has 1 aromatic carbocycles. The third-order valence-corrected chi connectivity index (χ3v) is 4.37. The van der Waals surface area contributed by atoms with Crippen molar-refractivity contribution in [3.63, 3.8) is 0 Å². The summed E-state index contributed by atoms with van der Waals surface area (Å²) in [4.78, 5) is 15.4. The molecule has 11 heteroatoms. The first-order valence-corrected chi connectivity index (χ1v) is 7.34. The van der Waals surface area contributed by atoms with Crippen LogP contribution in [-0.4, -0.2) is 43.5 Å². The molecule has 0 amide bonds. The van der Waals surface area contributed by atoms with E-state index in [9.17, 15) is 26.4 Å². The van der Waals surface area contributed by atoms with E-state index in [1.165, 1.54) is 0 Å². The van der Waals surface area contributed by atoms with E-state index in [4.69, 9.17) is 9.94 Å². The number of carboxylic acid groups (broad SMARTS) is 1. The first-order chi connectivity index (χ1) is 10.1. The van der Waals surface area contributed by atoms with Crippen LogP contribution in [-0.2, 0) is 14.9 Å². The molecule has 0 saturated carbocycles. The highest BCUT2D eigenvalue weighted by molar-refractivity contribution is 7.89. The number of nitrogens with zero attached hydrogens (tertiary/aromatic N) is 1. The van der Waals surface area contributed by atoms with Gasteiger partial charge >= 0.3 is 12.3 Å². The molecule has 1 aliphatic rings. The van der Waals surface area contributed by atoms with Gasteiger partial charge in [-0.3, -0.25) is 4.84 Å². The van der Waals surface area contributed by atoms with Crippen molar-refractivity contribution in [3.8, 4) is 5.75 Å². The molecular weight excluding hydrogens is 331 g/mol. The minimum Gasteiger partial charge on any atom is -0.478 e. The van der Waals surface area contributed by atoms with Crippen LogP contribution >= 0.6 is 0 Å². The van der Waals surface area contributed by atoms with E-state index in [-0.39, 0.29) is 13.2 Å². The van der Waals surface area contributed by atoms with Crippen LogP contribution in [0.25, 0.3) is 0 Å². The fourth-order valence-corrected chi connectivity index (χ4v) is 3.11. The molecule has 0 radical (unpaired) electrons. The van der Waals surface area contributed by atoms with Gasteiger partial charge in [-0.2, -0.15) is 0 Å². The Balaban J connectivity index is 2.43. The summed E-state index contributed by atoms with van der Waals surface area (Å²) in [6.07, 6.45) is -4.64. The molecule has 7 nitrogen and oxygen atoms in total. The maximum atomic E-state index is 12.2. The highest BCUT2D eigenvalue weighted by Crippen LogP contribution is 2.30. The molecular formula is C11H10F3NO6S. The number of ether oxygens (including phenoxy) is 1. The maximum Gasteiger partial charge on any atom is 0.573 e. The van der Waals surface area contributed by atoms with E-state index in [0.29, 0.717) is 23.0 Å². The third kappa shape index (κ3) is 3.48. The van der Waals surface area contributed by atoms with Crippen LogP contribution in [0.5, 0.6) is 5.75 Å². The molecule has 22 heavy (non-hydrogen) atoms. The van der Waals surface area contributed by atoms with E-state index in [0.717, 1.165) is 6.07 Å². The molecule has 1 aliphatic heterocycles. The summed E-state index contributed by atoms with van der Waals surface area (Å²) in [5.41, 5.74) is -0.919. The highest BCUT2D eigenvalue weighted by atomic mass is 32.2. The molecule has 0 aliphatic carbocycles. The SMILES string of the molecule is O=C(O)c1cc(S(=O)(=O)N2CCCO2)ccc1OC(F)(F)F. The third-order valence-electron chi connectivity index (χ3n) is 2.69. The van der Waals surface area contributed by atoms with Crippen molar-refractivity contribution < 1.29 is 41.1 Å². The molecule has 0 spiro atoms. The van der Waals surface area contributed by atoms with Gasteiger partial charge in [0.2, 0.25) is 0 Å². The molecule has 1 heterocycles. The van der Waals surface area contributed by atoms with Gasteiger partial charge in [-0.25, -0.2) is 13.2 Å². The smallest absolute Gasteiger partial charge is 0.478 e. The van der Waals surface area contributed by atoms with Gasteiger partial charge < -0.3 is 9.84 Å². The summed E-state index contributed by atoms with van der Waals surface area (Å²) in [7, 11) is -4.14. The molecule has 1 aromatic rings. The average molecular weight is 341 g/mol. The number of sulfonamides is 1. The Hall–Kier alpha value is -1.85. The molecule has 1 fully saturated rings. The Morgan fingerprint density at radius 2 is 2.05 bits per heavy atom. The lowest BCUT2D eigenvalue weighted by Gasteiger charge is -2.16. The number of hydrogen-bond donors (Lipinski definition) is 1. The normalized spacial score (nSPS) is 16.7. The number of benzene rings is 1. The van der Waals surface area contributed by atoms with Gasteiger partial charge in [-0.1, -0.05) is 4.47 Å². The van der Waals surface area contributed by atoms with Crippen molar-refractivity contribution in [2.24, 2.45) is 0 Å². The van der Waals surface area contributed by atoms with Crippen LogP contribution in [0.15, 0.2) is 23.1 Å². The van der Waals surface area contributed by atoms with E-state index in [2.05, 4.69) is 4.74 Å². The zero-order valence-corrected chi connectivity index (χ0v) is 11.6. The number of carbonyl (C=O) groups is 1. The number of aromatic carboxylic acids is 1. The van der Waals surface area contributed by atoms with Crippen molar-refractivity contribution in [1.82, 2.24) is 4.47 Å². The van der Waals surface area contributed by atoms with E-state index >= 15 is 0 Å². The molecule has 2 rings (SSSR count). The van der Waals surface area contributed by atoms with Gasteiger partial charge in [-0.15, -0.1) is 13.2 Å². The molecule has 0 atom stereocenters. The number of carboxylic acids is 1. The fourth-order valence-electron chi connectivity index (χ4n) is 1.78. The van der Waals surface area contributed by atoms with Crippen LogP contribution in [0, 0.1) is 0 Å². The molecule has 0 aromatic heterocycles. The van der Waals surface area contributed by atoms with E-state index in [1.54, 1.807) is 0 Å². The first-order valence-electron chi connectivity index (χ1n) is 5.90. The molecule has 1 saturated heterocycles. The predicted octanol–water partition coefficient (Wildman–Crippen LogP) is 1.61. The van der Waals surface area contributed by atoms with Gasteiger partial charge in [0.15, 0.2) is 0 Å². The zero-order chi connectivity index (χ0) is 16.5. The van der Waals surface area contributed by atoms with Crippen molar-refractivity contribution in [3.05, 3.63) is 23.8 Å². The predicted molar refractivity (Wildman–Crippen MR) is 64.5 cm³/mol. The molecule has 0 bridgehead atoms. The highest BCUT2D eigenvalue weighted by Gasteiger charge is 2.35. The first kappa shape index (κ1) is 16.5. The zero-order valence-electron chi connectivity index (χ0n) is 10.8. The summed E-state index contributed by atoms with van der Waals surface area (Å²) in [5.74, 6) is -2.75. The summed E-state index contributed by atoms with van der Waals surface area (Å²) < 4.78 is 65.1. The van der Waals surface area contributed by atoms with Gasteiger partial charge in [0.1, 0.15) is 11.3 Å².